The summed E-state index contributed by atoms with van der Waals surface area (Å²) < 4.78 is 0. The fraction of sp³-hybridized carbons (Fsp3) is 0.133. The number of aromatic carboxylic acids is 1. The molecule has 5 heteroatoms. The van der Waals surface area contributed by atoms with E-state index in [0.717, 1.165) is 5.56 Å². The largest absolute Gasteiger partial charge is 0.478 e. The van der Waals surface area contributed by atoms with E-state index in [9.17, 15) is 9.59 Å². The van der Waals surface area contributed by atoms with Crippen LogP contribution in [-0.2, 0) is 0 Å². The molecule has 0 atom stereocenters. The predicted molar refractivity (Wildman–Crippen MR) is 74.6 cm³/mol. The van der Waals surface area contributed by atoms with Crippen molar-refractivity contribution in [2.75, 3.05) is 14.1 Å². The molecule has 1 aromatic heterocycles. The first kappa shape index (κ1) is 13.7. The molecule has 20 heavy (non-hydrogen) atoms. The van der Waals surface area contributed by atoms with E-state index in [1.807, 2.05) is 0 Å². The number of aromatic nitrogens is 1. The minimum absolute atomic E-state index is 0.0750. The van der Waals surface area contributed by atoms with E-state index in [-0.39, 0.29) is 11.5 Å². The molecule has 0 aliphatic heterocycles. The molecule has 1 heterocycles. The Morgan fingerprint density at radius 2 is 1.65 bits per heavy atom. The number of amides is 1. The minimum atomic E-state index is -1.02. The highest BCUT2D eigenvalue weighted by molar-refractivity contribution is 5.94. The van der Waals surface area contributed by atoms with Crippen molar-refractivity contribution in [3.05, 3.63) is 53.9 Å². The number of carbonyl (C=O) groups excluding carboxylic acids is 1. The molecule has 0 fully saturated rings. The third kappa shape index (κ3) is 2.83. The van der Waals surface area contributed by atoms with Crippen molar-refractivity contribution in [2.24, 2.45) is 0 Å². The number of pyridine rings is 1. The highest BCUT2D eigenvalue weighted by Crippen LogP contribution is 2.20. The number of benzene rings is 1. The maximum Gasteiger partial charge on any atom is 0.337 e. The summed E-state index contributed by atoms with van der Waals surface area (Å²) in [5.41, 5.74) is 2.24. The summed E-state index contributed by atoms with van der Waals surface area (Å²) >= 11 is 0. The molecule has 1 N–H and O–H groups in total. The molecule has 0 radical (unpaired) electrons. The Bertz CT molecular complexity index is 648. The van der Waals surface area contributed by atoms with Crippen LogP contribution in [0.3, 0.4) is 0 Å². The monoisotopic (exact) mass is 270 g/mol. The topological polar surface area (TPSA) is 70.5 Å². The van der Waals surface area contributed by atoms with Gasteiger partial charge >= 0.3 is 5.97 Å². The number of nitrogens with zero attached hydrogens (tertiary/aromatic N) is 2. The van der Waals surface area contributed by atoms with E-state index in [0.29, 0.717) is 11.1 Å². The Morgan fingerprint density at radius 3 is 2.20 bits per heavy atom. The zero-order chi connectivity index (χ0) is 14.7. The molecule has 0 saturated carbocycles. The van der Waals surface area contributed by atoms with Gasteiger partial charge in [0.05, 0.1) is 5.56 Å². The molecule has 102 valence electrons. The average molecular weight is 270 g/mol. The van der Waals surface area contributed by atoms with Crippen molar-refractivity contribution >= 4 is 11.9 Å². The van der Waals surface area contributed by atoms with Crippen LogP contribution in [0.4, 0.5) is 0 Å². The zero-order valence-electron chi connectivity index (χ0n) is 11.2. The summed E-state index contributed by atoms with van der Waals surface area (Å²) in [4.78, 5) is 28.1. The number of hydrogen-bond acceptors (Lipinski definition) is 3. The third-order valence-electron chi connectivity index (χ3n) is 2.86. The lowest BCUT2D eigenvalue weighted by molar-refractivity contribution is 0.0696. The molecular weight excluding hydrogens is 256 g/mol. The fourth-order valence-corrected chi connectivity index (χ4v) is 1.78. The smallest absolute Gasteiger partial charge is 0.337 e. The van der Waals surface area contributed by atoms with Gasteiger partial charge in [-0.25, -0.2) is 4.79 Å². The summed E-state index contributed by atoms with van der Waals surface area (Å²) in [5.74, 6) is -1.09. The van der Waals surface area contributed by atoms with Crippen LogP contribution in [0.1, 0.15) is 20.7 Å². The lowest BCUT2D eigenvalue weighted by atomic mass is 10.0. The molecule has 1 aromatic carbocycles. The van der Waals surface area contributed by atoms with Crippen molar-refractivity contribution in [1.82, 2.24) is 9.88 Å². The van der Waals surface area contributed by atoms with Crippen molar-refractivity contribution in [1.29, 1.82) is 0 Å². The lowest BCUT2D eigenvalue weighted by Gasteiger charge is -2.10. The van der Waals surface area contributed by atoms with Crippen molar-refractivity contribution < 1.29 is 14.7 Å². The number of hydrogen-bond donors (Lipinski definition) is 1. The summed E-state index contributed by atoms with van der Waals surface area (Å²) in [6.45, 7) is 0. The summed E-state index contributed by atoms with van der Waals surface area (Å²) in [5, 5.41) is 8.94. The summed E-state index contributed by atoms with van der Waals surface area (Å²) in [6, 6.07) is 8.53. The SMILES string of the molecule is CN(C)C(=O)c1ccc(-c2cncc(C(=O)O)c2)cc1. The molecule has 0 saturated heterocycles. The van der Waals surface area contributed by atoms with Gasteiger partial charge in [0.1, 0.15) is 0 Å². The second kappa shape index (κ2) is 5.52. The van der Waals surface area contributed by atoms with E-state index in [1.165, 1.54) is 11.1 Å². The van der Waals surface area contributed by atoms with E-state index in [2.05, 4.69) is 4.98 Å². The van der Waals surface area contributed by atoms with Crippen LogP contribution in [-0.4, -0.2) is 41.0 Å². The number of carbonyl (C=O) groups is 2. The lowest BCUT2D eigenvalue weighted by Crippen LogP contribution is -2.21. The van der Waals surface area contributed by atoms with Crippen LogP contribution in [0.15, 0.2) is 42.7 Å². The van der Waals surface area contributed by atoms with E-state index in [4.69, 9.17) is 5.11 Å². The van der Waals surface area contributed by atoms with Gasteiger partial charge in [-0.15, -0.1) is 0 Å². The van der Waals surface area contributed by atoms with Gasteiger partial charge in [-0.3, -0.25) is 9.78 Å². The first-order valence-corrected chi connectivity index (χ1v) is 5.99. The maximum atomic E-state index is 11.8. The third-order valence-corrected chi connectivity index (χ3v) is 2.86. The second-order valence-corrected chi connectivity index (χ2v) is 4.54. The Hall–Kier alpha value is -2.69. The van der Waals surface area contributed by atoms with E-state index >= 15 is 0 Å². The molecule has 0 aliphatic rings. The Balaban J connectivity index is 2.33. The molecular formula is C15H14N2O3. The molecule has 0 spiro atoms. The normalized spacial score (nSPS) is 10.1. The Kier molecular flexibility index (Phi) is 3.79. The highest BCUT2D eigenvalue weighted by atomic mass is 16.4. The van der Waals surface area contributed by atoms with Gasteiger partial charge in [0.2, 0.25) is 0 Å². The standard InChI is InChI=1S/C15H14N2O3/c1-17(2)14(18)11-5-3-10(4-6-11)12-7-13(15(19)20)9-16-8-12/h3-9H,1-2H3,(H,19,20). The second-order valence-electron chi connectivity index (χ2n) is 4.54. The maximum absolute atomic E-state index is 11.8. The van der Waals surface area contributed by atoms with Crippen LogP contribution < -0.4 is 0 Å². The summed E-state index contributed by atoms with van der Waals surface area (Å²) in [6.07, 6.45) is 2.89. The summed E-state index contributed by atoms with van der Waals surface area (Å²) in [7, 11) is 3.38. The molecule has 0 aliphatic carbocycles. The van der Waals surface area contributed by atoms with E-state index < -0.39 is 5.97 Å². The van der Waals surface area contributed by atoms with Gasteiger partial charge in [0.15, 0.2) is 0 Å². The molecule has 2 rings (SSSR count). The zero-order valence-corrected chi connectivity index (χ0v) is 11.2. The van der Waals surface area contributed by atoms with Gasteiger partial charge in [0.25, 0.3) is 5.91 Å². The molecule has 1 amide bonds. The number of rotatable bonds is 3. The first-order chi connectivity index (χ1) is 9.49. The molecule has 5 nitrogen and oxygen atoms in total. The fourth-order valence-electron chi connectivity index (χ4n) is 1.78. The van der Waals surface area contributed by atoms with E-state index in [1.54, 1.807) is 50.6 Å². The van der Waals surface area contributed by atoms with Gasteiger partial charge in [-0.2, -0.15) is 0 Å². The number of carboxylic acid groups (broad SMARTS) is 1. The van der Waals surface area contributed by atoms with Crippen molar-refractivity contribution in [3.8, 4) is 11.1 Å². The highest BCUT2D eigenvalue weighted by Gasteiger charge is 2.09. The Labute approximate surface area is 116 Å². The van der Waals surface area contributed by atoms with Gasteiger partial charge in [-0.1, -0.05) is 12.1 Å². The van der Waals surface area contributed by atoms with Crippen LogP contribution in [0, 0.1) is 0 Å². The van der Waals surface area contributed by atoms with Crippen LogP contribution >= 0.6 is 0 Å². The molecule has 2 aromatic rings. The average Bonchev–Trinajstić information content (AvgIpc) is 2.46. The first-order valence-electron chi connectivity index (χ1n) is 5.99. The molecule has 0 bridgehead atoms. The van der Waals surface area contributed by atoms with Crippen LogP contribution in [0.5, 0.6) is 0 Å². The van der Waals surface area contributed by atoms with Crippen molar-refractivity contribution in [3.63, 3.8) is 0 Å². The predicted octanol–water partition coefficient (Wildman–Crippen LogP) is 2.15. The number of carboxylic acids is 1. The van der Waals surface area contributed by atoms with Crippen LogP contribution in [0.25, 0.3) is 11.1 Å². The van der Waals surface area contributed by atoms with Crippen molar-refractivity contribution in [2.45, 2.75) is 0 Å². The molecule has 0 unspecified atom stereocenters. The van der Waals surface area contributed by atoms with Gasteiger partial charge < -0.3 is 10.0 Å². The minimum Gasteiger partial charge on any atom is -0.478 e. The van der Waals surface area contributed by atoms with Gasteiger partial charge in [0, 0.05) is 37.6 Å². The Morgan fingerprint density at radius 1 is 1.00 bits per heavy atom. The van der Waals surface area contributed by atoms with Crippen LogP contribution in [0.2, 0.25) is 0 Å². The van der Waals surface area contributed by atoms with Gasteiger partial charge in [-0.05, 0) is 23.8 Å². The quantitative estimate of drug-likeness (QED) is 0.927.